The van der Waals surface area contributed by atoms with Crippen molar-refractivity contribution < 1.29 is 8.78 Å². The van der Waals surface area contributed by atoms with Crippen molar-refractivity contribution in [2.45, 2.75) is 4.21 Å². The number of aryl methyl sites for hydroxylation is 1. The van der Waals surface area contributed by atoms with Crippen LogP contribution in [0.1, 0.15) is 0 Å². The van der Waals surface area contributed by atoms with Gasteiger partial charge in [0.2, 0.25) is 11.2 Å². The molecule has 0 radical (unpaired) electrons. The van der Waals surface area contributed by atoms with Gasteiger partial charge < -0.3 is 0 Å². The number of nitrogens with zero attached hydrogens (tertiary/aromatic N) is 1. The molecule has 0 fully saturated rings. The van der Waals surface area contributed by atoms with Crippen LogP contribution in [0.25, 0.3) is 11.3 Å². The topological polar surface area (TPSA) is 20.9 Å². The van der Waals surface area contributed by atoms with Crippen LogP contribution in [0.5, 0.6) is 0 Å². The molecule has 0 saturated heterocycles. The number of rotatable bonds is 2. The summed E-state index contributed by atoms with van der Waals surface area (Å²) in [6.07, 6.45) is 1.72. The van der Waals surface area contributed by atoms with Crippen molar-refractivity contribution in [3.05, 3.63) is 35.8 Å². The summed E-state index contributed by atoms with van der Waals surface area (Å²) in [5.74, 6) is 0. The first-order chi connectivity index (χ1) is 7.20. The van der Waals surface area contributed by atoms with E-state index < -0.39 is 10.8 Å². The van der Waals surface area contributed by atoms with E-state index in [9.17, 15) is 4.21 Å². The normalized spacial score (nSPS) is 12.7. The molecule has 15 heavy (non-hydrogen) atoms. The van der Waals surface area contributed by atoms with Crippen molar-refractivity contribution in [1.29, 1.82) is 0 Å². The first-order valence-corrected chi connectivity index (χ1v) is 7.00. The molecule has 1 aromatic carbocycles. The Labute approximate surface area is 95.7 Å². The molecule has 0 aliphatic rings. The average Bonchev–Trinajstić information content (AvgIpc) is 2.61. The molecule has 0 spiro atoms. The number of hydrogen-bond acceptors (Lipinski definition) is 2. The van der Waals surface area contributed by atoms with Crippen molar-refractivity contribution in [2.24, 2.45) is 7.05 Å². The van der Waals surface area contributed by atoms with Crippen molar-refractivity contribution in [3.63, 3.8) is 0 Å². The summed E-state index contributed by atoms with van der Waals surface area (Å²) in [5.41, 5.74) is 4.16. The van der Waals surface area contributed by atoms with E-state index in [4.69, 9.17) is 0 Å². The van der Waals surface area contributed by atoms with Gasteiger partial charge in [0.1, 0.15) is 7.05 Å². The van der Waals surface area contributed by atoms with Gasteiger partial charge in [-0.05, 0) is 12.1 Å². The lowest BCUT2D eigenvalue weighted by molar-refractivity contribution is -0.656. The van der Waals surface area contributed by atoms with Crippen LogP contribution in [0.3, 0.4) is 0 Å². The van der Waals surface area contributed by atoms with Crippen LogP contribution in [0.2, 0.25) is 0 Å². The minimum absolute atomic E-state index is 0.922. The largest absolute Gasteiger partial charge is 0.254 e. The molecule has 1 unspecified atom stereocenters. The number of aromatic nitrogens is 1. The minimum Gasteiger partial charge on any atom is -0.254 e. The Bertz CT molecular complexity index is 491. The molecule has 78 valence electrons. The standard InChI is InChI=1S/C11H12NOS2/c1-12-8-14-11(15(2)13)10(12)9-6-4-3-5-7-9/h3-8H,1-2H3/q+1. The SMILES string of the molecule is C[n+]1csc(S(C)=O)c1-c1ccccc1. The van der Waals surface area contributed by atoms with E-state index >= 15 is 0 Å². The van der Waals surface area contributed by atoms with Gasteiger partial charge in [-0.2, -0.15) is 4.57 Å². The van der Waals surface area contributed by atoms with E-state index in [1.54, 1.807) is 17.6 Å². The monoisotopic (exact) mass is 238 g/mol. The predicted molar refractivity (Wildman–Crippen MR) is 63.3 cm³/mol. The van der Waals surface area contributed by atoms with E-state index in [1.807, 2.05) is 47.5 Å². The molecule has 1 atom stereocenters. The highest BCUT2D eigenvalue weighted by Gasteiger charge is 2.20. The molecule has 0 amide bonds. The van der Waals surface area contributed by atoms with Crippen molar-refractivity contribution in [1.82, 2.24) is 0 Å². The maximum absolute atomic E-state index is 11.6. The van der Waals surface area contributed by atoms with E-state index in [0.29, 0.717) is 0 Å². The van der Waals surface area contributed by atoms with Crippen LogP contribution >= 0.6 is 11.3 Å². The first-order valence-electron chi connectivity index (χ1n) is 4.56. The lowest BCUT2D eigenvalue weighted by atomic mass is 10.2. The molecule has 0 saturated carbocycles. The smallest absolute Gasteiger partial charge is 0.239 e. The third-order valence-corrected chi connectivity index (χ3v) is 4.71. The zero-order valence-electron chi connectivity index (χ0n) is 8.64. The highest BCUT2D eigenvalue weighted by molar-refractivity contribution is 7.86. The van der Waals surface area contributed by atoms with Gasteiger partial charge in [0.15, 0.2) is 4.21 Å². The van der Waals surface area contributed by atoms with Crippen molar-refractivity contribution >= 4 is 22.1 Å². The number of benzene rings is 1. The highest BCUT2D eigenvalue weighted by Crippen LogP contribution is 2.25. The van der Waals surface area contributed by atoms with Crippen LogP contribution < -0.4 is 4.57 Å². The molecular formula is C11H12NOS2+. The van der Waals surface area contributed by atoms with Gasteiger partial charge in [0.05, 0.1) is 10.8 Å². The maximum Gasteiger partial charge on any atom is 0.239 e. The van der Waals surface area contributed by atoms with Crippen LogP contribution in [0.15, 0.2) is 40.1 Å². The second-order valence-corrected chi connectivity index (χ2v) is 5.72. The van der Waals surface area contributed by atoms with Gasteiger partial charge in [0.25, 0.3) is 0 Å². The fourth-order valence-electron chi connectivity index (χ4n) is 1.50. The van der Waals surface area contributed by atoms with Crippen LogP contribution in [-0.2, 0) is 17.8 Å². The zero-order valence-corrected chi connectivity index (χ0v) is 10.3. The Morgan fingerprint density at radius 2 is 1.93 bits per heavy atom. The van der Waals surface area contributed by atoms with Crippen LogP contribution in [-0.4, -0.2) is 10.5 Å². The second kappa shape index (κ2) is 4.24. The molecule has 0 aliphatic carbocycles. The van der Waals surface area contributed by atoms with Crippen molar-refractivity contribution in [2.75, 3.05) is 6.26 Å². The van der Waals surface area contributed by atoms with E-state index in [1.165, 1.54) is 0 Å². The summed E-state index contributed by atoms with van der Waals surface area (Å²) in [6.45, 7) is 0. The molecule has 0 aliphatic heterocycles. The summed E-state index contributed by atoms with van der Waals surface area (Å²) >= 11 is 1.54. The zero-order chi connectivity index (χ0) is 10.8. The van der Waals surface area contributed by atoms with Gasteiger partial charge in [-0.1, -0.05) is 29.5 Å². The number of hydrogen-bond donors (Lipinski definition) is 0. The summed E-state index contributed by atoms with van der Waals surface area (Å²) in [7, 11) is 1.06. The fourth-order valence-corrected chi connectivity index (χ4v) is 3.44. The minimum atomic E-state index is -0.922. The maximum atomic E-state index is 11.6. The van der Waals surface area contributed by atoms with Gasteiger partial charge in [-0.25, -0.2) is 0 Å². The Morgan fingerprint density at radius 3 is 2.53 bits per heavy atom. The fraction of sp³-hybridized carbons (Fsp3) is 0.182. The molecule has 0 N–H and O–H groups in total. The Morgan fingerprint density at radius 1 is 1.27 bits per heavy atom. The molecule has 4 heteroatoms. The molecule has 0 bridgehead atoms. The third kappa shape index (κ3) is 2.01. The van der Waals surface area contributed by atoms with E-state index in [2.05, 4.69) is 0 Å². The van der Waals surface area contributed by atoms with Crippen molar-refractivity contribution in [3.8, 4) is 11.3 Å². The Balaban J connectivity index is 2.62. The summed E-state index contributed by atoms with van der Waals surface area (Å²) in [4.78, 5) is 0. The van der Waals surface area contributed by atoms with Gasteiger partial charge in [0, 0.05) is 11.8 Å². The summed E-state index contributed by atoms with van der Waals surface area (Å²) in [6, 6.07) is 10.1. The average molecular weight is 238 g/mol. The summed E-state index contributed by atoms with van der Waals surface area (Å²) < 4.78 is 14.5. The van der Waals surface area contributed by atoms with E-state index in [-0.39, 0.29) is 0 Å². The van der Waals surface area contributed by atoms with Gasteiger partial charge >= 0.3 is 0 Å². The molecular weight excluding hydrogens is 226 g/mol. The van der Waals surface area contributed by atoms with Crippen LogP contribution in [0, 0.1) is 0 Å². The van der Waals surface area contributed by atoms with Gasteiger partial charge in [-0.3, -0.25) is 4.21 Å². The number of thiazole rings is 1. The molecule has 2 aromatic rings. The quantitative estimate of drug-likeness (QED) is 0.733. The highest BCUT2D eigenvalue weighted by atomic mass is 32.2. The first kappa shape index (κ1) is 10.5. The Hall–Kier alpha value is -1.00. The predicted octanol–water partition coefficient (Wildman–Crippen LogP) is 1.98. The van der Waals surface area contributed by atoms with Crippen LogP contribution in [0.4, 0.5) is 0 Å². The van der Waals surface area contributed by atoms with E-state index in [0.717, 1.165) is 15.5 Å². The Kier molecular flexibility index (Phi) is 2.98. The summed E-state index contributed by atoms with van der Waals surface area (Å²) in [5, 5.41) is 0. The second-order valence-electron chi connectivity index (χ2n) is 3.29. The molecule has 1 aromatic heterocycles. The molecule has 2 rings (SSSR count). The lowest BCUT2D eigenvalue weighted by Gasteiger charge is -1.96. The third-order valence-electron chi connectivity index (χ3n) is 2.17. The van der Waals surface area contributed by atoms with Gasteiger partial charge in [-0.15, -0.1) is 0 Å². The molecule has 1 heterocycles. The molecule has 2 nitrogen and oxygen atoms in total. The lowest BCUT2D eigenvalue weighted by Crippen LogP contribution is -2.27.